The summed E-state index contributed by atoms with van der Waals surface area (Å²) in [6.07, 6.45) is 2.09. The fourth-order valence-corrected chi connectivity index (χ4v) is 5.01. The Morgan fingerprint density at radius 3 is 2.90 bits per heavy atom. The van der Waals surface area contributed by atoms with Crippen LogP contribution in [-0.4, -0.2) is 27.9 Å². The highest BCUT2D eigenvalue weighted by Crippen LogP contribution is 2.31. The number of hydrogen-bond donors (Lipinski definition) is 1. The van der Waals surface area contributed by atoms with Gasteiger partial charge in [0.25, 0.3) is 11.6 Å². The number of carbonyl (C=O) groups is 2. The van der Waals surface area contributed by atoms with E-state index in [1.165, 1.54) is 52.2 Å². The van der Waals surface area contributed by atoms with Crippen molar-refractivity contribution in [1.29, 1.82) is 0 Å². The first-order valence-corrected chi connectivity index (χ1v) is 10.9. The molecule has 0 saturated heterocycles. The van der Waals surface area contributed by atoms with Gasteiger partial charge in [0, 0.05) is 28.0 Å². The number of benzene rings is 1. The summed E-state index contributed by atoms with van der Waals surface area (Å²) in [7, 11) is 0. The van der Waals surface area contributed by atoms with Crippen molar-refractivity contribution in [2.75, 3.05) is 5.32 Å². The number of aromatic nitrogens is 1. The van der Waals surface area contributed by atoms with Gasteiger partial charge in [-0.05, 0) is 37.8 Å². The van der Waals surface area contributed by atoms with E-state index in [2.05, 4.69) is 10.3 Å². The quantitative estimate of drug-likeness (QED) is 0.342. The SMILES string of the molecule is CC(OC(=O)c1cc2c(s1)CCC2)C(=O)Nc1nc(-c2cccc([N+](=O)[O-])c2)cs1. The minimum Gasteiger partial charge on any atom is -0.448 e. The first kappa shape index (κ1) is 20.2. The van der Waals surface area contributed by atoms with Gasteiger partial charge >= 0.3 is 5.97 Å². The third-order valence-electron chi connectivity index (χ3n) is 4.69. The molecule has 1 aliphatic carbocycles. The number of rotatable bonds is 6. The molecule has 10 heteroatoms. The summed E-state index contributed by atoms with van der Waals surface area (Å²) in [5.41, 5.74) is 2.25. The number of nitrogens with one attached hydrogen (secondary N) is 1. The van der Waals surface area contributed by atoms with Crippen molar-refractivity contribution in [3.63, 3.8) is 0 Å². The monoisotopic (exact) mass is 443 g/mol. The van der Waals surface area contributed by atoms with Gasteiger partial charge < -0.3 is 4.74 Å². The fraction of sp³-hybridized carbons (Fsp3) is 0.250. The zero-order valence-corrected chi connectivity index (χ0v) is 17.5. The number of hydrogen-bond acceptors (Lipinski definition) is 8. The molecule has 154 valence electrons. The number of thiophene rings is 1. The number of amides is 1. The lowest BCUT2D eigenvalue weighted by molar-refractivity contribution is -0.384. The Morgan fingerprint density at radius 1 is 1.30 bits per heavy atom. The molecule has 1 N–H and O–H groups in total. The molecule has 30 heavy (non-hydrogen) atoms. The molecule has 1 aromatic carbocycles. The summed E-state index contributed by atoms with van der Waals surface area (Å²) in [6.45, 7) is 1.50. The molecule has 0 fully saturated rings. The Hall–Kier alpha value is -3.11. The average molecular weight is 444 g/mol. The lowest BCUT2D eigenvalue weighted by atomic mass is 10.1. The highest BCUT2D eigenvalue weighted by molar-refractivity contribution is 7.14. The van der Waals surface area contributed by atoms with Crippen LogP contribution in [-0.2, 0) is 22.4 Å². The molecule has 8 nitrogen and oxygen atoms in total. The predicted octanol–water partition coefficient (Wildman–Crippen LogP) is 4.45. The largest absolute Gasteiger partial charge is 0.448 e. The first-order chi connectivity index (χ1) is 14.4. The van der Waals surface area contributed by atoms with Gasteiger partial charge in [-0.25, -0.2) is 9.78 Å². The van der Waals surface area contributed by atoms with Crippen molar-refractivity contribution >= 4 is 45.4 Å². The van der Waals surface area contributed by atoms with E-state index < -0.39 is 22.9 Å². The number of thiazole rings is 1. The molecule has 2 heterocycles. The van der Waals surface area contributed by atoms with E-state index in [1.54, 1.807) is 17.5 Å². The second-order valence-electron chi connectivity index (χ2n) is 6.79. The van der Waals surface area contributed by atoms with Crippen LogP contribution >= 0.6 is 22.7 Å². The zero-order chi connectivity index (χ0) is 21.3. The zero-order valence-electron chi connectivity index (χ0n) is 15.9. The van der Waals surface area contributed by atoms with Crippen molar-refractivity contribution < 1.29 is 19.2 Å². The number of non-ortho nitro benzene ring substituents is 1. The van der Waals surface area contributed by atoms with Crippen LogP contribution in [0.15, 0.2) is 35.7 Å². The van der Waals surface area contributed by atoms with Crippen LogP contribution in [0.2, 0.25) is 0 Å². The summed E-state index contributed by atoms with van der Waals surface area (Å²) >= 11 is 2.61. The van der Waals surface area contributed by atoms with Crippen LogP contribution in [0.5, 0.6) is 0 Å². The van der Waals surface area contributed by atoms with Crippen molar-refractivity contribution in [2.45, 2.75) is 32.3 Å². The molecular formula is C20H17N3O5S2. The molecule has 1 unspecified atom stereocenters. The summed E-state index contributed by atoms with van der Waals surface area (Å²) in [6, 6.07) is 7.95. The predicted molar refractivity (Wildman–Crippen MR) is 114 cm³/mol. The fourth-order valence-electron chi connectivity index (χ4n) is 3.15. The number of nitrogens with zero attached hydrogens (tertiary/aromatic N) is 2. The molecule has 0 saturated carbocycles. The number of nitro benzene ring substituents is 1. The maximum atomic E-state index is 12.4. The molecule has 4 rings (SSSR count). The standard InChI is InChI=1S/C20H17N3O5S2/c1-11(28-19(25)17-9-13-5-3-7-16(13)30-17)18(24)22-20-21-15(10-29-20)12-4-2-6-14(8-12)23(26)27/h2,4,6,8-11H,3,5,7H2,1H3,(H,21,22,24). The van der Waals surface area contributed by atoms with Gasteiger partial charge in [-0.15, -0.1) is 22.7 Å². The Kier molecular flexibility index (Phi) is 5.60. The number of nitro groups is 1. The van der Waals surface area contributed by atoms with Crippen molar-refractivity contribution in [3.8, 4) is 11.3 Å². The molecule has 0 aliphatic heterocycles. The first-order valence-electron chi connectivity index (χ1n) is 9.24. The van der Waals surface area contributed by atoms with Crippen molar-refractivity contribution in [2.24, 2.45) is 0 Å². The molecule has 0 radical (unpaired) electrons. The molecule has 3 aromatic rings. The summed E-state index contributed by atoms with van der Waals surface area (Å²) in [5.74, 6) is -0.999. The van der Waals surface area contributed by atoms with Gasteiger partial charge in [0.15, 0.2) is 11.2 Å². The maximum absolute atomic E-state index is 12.4. The Labute approximate surface area is 179 Å². The van der Waals surface area contributed by atoms with Gasteiger partial charge in [0.05, 0.1) is 10.6 Å². The lowest BCUT2D eigenvalue weighted by Gasteiger charge is -2.11. The van der Waals surface area contributed by atoms with Gasteiger partial charge in [-0.1, -0.05) is 12.1 Å². The van der Waals surface area contributed by atoms with E-state index in [4.69, 9.17) is 4.74 Å². The summed E-state index contributed by atoms with van der Waals surface area (Å²) in [5, 5.41) is 15.6. The van der Waals surface area contributed by atoms with Gasteiger partial charge in [-0.2, -0.15) is 0 Å². The van der Waals surface area contributed by atoms with E-state index in [0.29, 0.717) is 21.3 Å². The number of carbonyl (C=O) groups excluding carboxylic acids is 2. The number of ether oxygens (including phenoxy) is 1. The van der Waals surface area contributed by atoms with Crippen LogP contribution in [0.4, 0.5) is 10.8 Å². The molecule has 1 aliphatic rings. The number of esters is 1. The van der Waals surface area contributed by atoms with Crippen molar-refractivity contribution in [3.05, 3.63) is 61.1 Å². The van der Waals surface area contributed by atoms with Gasteiger partial charge in [0.2, 0.25) is 0 Å². The lowest BCUT2D eigenvalue weighted by Crippen LogP contribution is -2.29. The average Bonchev–Trinajstić information content (AvgIpc) is 3.44. The topological polar surface area (TPSA) is 111 Å². The normalized spacial score (nSPS) is 13.5. The second-order valence-corrected chi connectivity index (χ2v) is 8.79. The minimum atomic E-state index is -0.986. The van der Waals surface area contributed by atoms with Gasteiger partial charge in [-0.3, -0.25) is 20.2 Å². The molecule has 1 atom stereocenters. The number of aryl methyl sites for hydroxylation is 2. The van der Waals surface area contributed by atoms with Crippen LogP contribution in [0.1, 0.15) is 33.5 Å². The Morgan fingerprint density at radius 2 is 2.13 bits per heavy atom. The Bertz CT molecular complexity index is 1120. The number of fused-ring (bicyclic) bond motifs is 1. The van der Waals surface area contributed by atoms with E-state index >= 15 is 0 Å². The Balaban J connectivity index is 1.38. The third kappa shape index (κ3) is 4.24. The minimum absolute atomic E-state index is 0.0360. The van der Waals surface area contributed by atoms with Crippen LogP contribution in [0, 0.1) is 10.1 Å². The van der Waals surface area contributed by atoms with Crippen LogP contribution in [0.3, 0.4) is 0 Å². The molecule has 2 aromatic heterocycles. The highest BCUT2D eigenvalue weighted by atomic mass is 32.1. The van der Waals surface area contributed by atoms with Gasteiger partial charge in [0.1, 0.15) is 4.88 Å². The molecular weight excluding hydrogens is 426 g/mol. The van der Waals surface area contributed by atoms with E-state index in [1.807, 2.05) is 6.07 Å². The molecule has 1 amide bonds. The van der Waals surface area contributed by atoms with Crippen molar-refractivity contribution in [1.82, 2.24) is 4.98 Å². The smallest absolute Gasteiger partial charge is 0.349 e. The highest BCUT2D eigenvalue weighted by Gasteiger charge is 2.24. The maximum Gasteiger partial charge on any atom is 0.349 e. The third-order valence-corrected chi connectivity index (χ3v) is 6.66. The second kappa shape index (κ2) is 8.33. The van der Waals surface area contributed by atoms with Crippen LogP contribution in [0.25, 0.3) is 11.3 Å². The molecule has 0 bridgehead atoms. The van der Waals surface area contributed by atoms with E-state index in [9.17, 15) is 19.7 Å². The summed E-state index contributed by atoms with van der Waals surface area (Å²) in [4.78, 5) is 41.2. The number of anilines is 1. The molecule has 0 spiro atoms. The van der Waals surface area contributed by atoms with E-state index in [-0.39, 0.29) is 5.69 Å². The summed E-state index contributed by atoms with van der Waals surface area (Å²) < 4.78 is 5.30. The van der Waals surface area contributed by atoms with Crippen LogP contribution < -0.4 is 5.32 Å². The van der Waals surface area contributed by atoms with E-state index in [0.717, 1.165) is 19.3 Å².